The van der Waals surface area contributed by atoms with E-state index in [9.17, 15) is 9.59 Å². The van der Waals surface area contributed by atoms with Gasteiger partial charge < -0.3 is 4.90 Å². The Hall–Kier alpha value is -1.73. The van der Waals surface area contributed by atoms with E-state index in [-0.39, 0.29) is 11.8 Å². The van der Waals surface area contributed by atoms with Crippen molar-refractivity contribution in [3.63, 3.8) is 0 Å². The summed E-state index contributed by atoms with van der Waals surface area (Å²) in [6.45, 7) is 0. The topological polar surface area (TPSA) is 62.3 Å². The van der Waals surface area contributed by atoms with Crippen molar-refractivity contribution in [2.75, 3.05) is 12.4 Å². The Balaban J connectivity index is 1.35. The van der Waals surface area contributed by atoms with Crippen molar-refractivity contribution in [1.82, 2.24) is 9.88 Å². The van der Waals surface area contributed by atoms with E-state index in [0.717, 1.165) is 5.69 Å². The van der Waals surface area contributed by atoms with Crippen LogP contribution in [0.15, 0.2) is 22.9 Å². The van der Waals surface area contributed by atoms with Gasteiger partial charge in [-0.25, -0.2) is 4.98 Å². The zero-order chi connectivity index (χ0) is 17.4. The fourth-order valence-electron chi connectivity index (χ4n) is 3.35. The van der Waals surface area contributed by atoms with Crippen molar-refractivity contribution in [3.8, 4) is 0 Å². The molecule has 0 spiro atoms. The van der Waals surface area contributed by atoms with Gasteiger partial charge in [0, 0.05) is 18.5 Å². The number of hydrogen-bond donors (Lipinski definition) is 1. The highest BCUT2D eigenvalue weighted by Crippen LogP contribution is 2.46. The van der Waals surface area contributed by atoms with Crippen LogP contribution in [0.5, 0.6) is 0 Å². The summed E-state index contributed by atoms with van der Waals surface area (Å²) in [5.41, 5.74) is 0.730. The molecule has 2 saturated carbocycles. The van der Waals surface area contributed by atoms with E-state index < -0.39 is 0 Å². The maximum Gasteiger partial charge on any atom is 0.267 e. The number of nitrogens with one attached hydrogen (secondary N) is 1. The Labute approximate surface area is 155 Å². The number of carbonyl (C=O) groups excluding carboxylic acids is 2. The lowest BCUT2D eigenvalue weighted by atomic mass is 10.1. The molecule has 2 heterocycles. The molecule has 0 bridgehead atoms. The minimum Gasteiger partial charge on any atom is -0.342 e. The van der Waals surface area contributed by atoms with E-state index in [0.29, 0.717) is 34.3 Å². The van der Waals surface area contributed by atoms with Gasteiger partial charge in [-0.2, -0.15) is 0 Å². The molecule has 2 aliphatic rings. The van der Waals surface area contributed by atoms with Gasteiger partial charge in [-0.3, -0.25) is 14.9 Å². The first-order valence-corrected chi connectivity index (χ1v) is 10.4. The van der Waals surface area contributed by atoms with Gasteiger partial charge in [-0.15, -0.1) is 22.7 Å². The Kier molecular flexibility index (Phi) is 4.60. The second-order valence-electron chi connectivity index (χ2n) is 6.92. The number of aromatic nitrogens is 1. The van der Waals surface area contributed by atoms with Crippen LogP contribution in [0.4, 0.5) is 5.13 Å². The standard InChI is InChI=1S/C18H21N3O2S2/c1-21(16(11-4-5-11)12-6-7-12)15(22)9-13-10-25-18(19-13)20-17(23)14-3-2-8-24-14/h2-3,8,10-12,16H,4-7,9H2,1H3,(H,19,20,23). The zero-order valence-electron chi connectivity index (χ0n) is 14.1. The SMILES string of the molecule is CN(C(=O)Cc1csc(NC(=O)c2cccs2)n1)C(C1CC1)C1CC1. The average Bonchev–Trinajstić information content (AvgIpc) is 3.51. The van der Waals surface area contributed by atoms with Gasteiger partial charge in [0.1, 0.15) is 0 Å². The molecule has 2 fully saturated rings. The van der Waals surface area contributed by atoms with Crippen LogP contribution >= 0.6 is 22.7 Å². The zero-order valence-corrected chi connectivity index (χ0v) is 15.7. The van der Waals surface area contributed by atoms with Crippen LogP contribution in [-0.4, -0.2) is 34.8 Å². The highest BCUT2D eigenvalue weighted by molar-refractivity contribution is 7.14. The van der Waals surface area contributed by atoms with Gasteiger partial charge in [-0.05, 0) is 49.0 Å². The lowest BCUT2D eigenvalue weighted by Gasteiger charge is -2.28. The quantitative estimate of drug-likeness (QED) is 0.803. The maximum atomic E-state index is 12.6. The molecule has 0 radical (unpaired) electrons. The summed E-state index contributed by atoms with van der Waals surface area (Å²) in [5, 5.41) is 7.07. The molecule has 25 heavy (non-hydrogen) atoms. The van der Waals surface area contributed by atoms with Crippen molar-refractivity contribution >= 4 is 39.6 Å². The molecular weight excluding hydrogens is 354 g/mol. The molecule has 0 aliphatic heterocycles. The van der Waals surface area contributed by atoms with Crippen molar-refractivity contribution in [3.05, 3.63) is 33.5 Å². The average molecular weight is 376 g/mol. The van der Waals surface area contributed by atoms with E-state index in [1.54, 1.807) is 6.07 Å². The lowest BCUT2D eigenvalue weighted by molar-refractivity contribution is -0.132. The van der Waals surface area contributed by atoms with E-state index in [2.05, 4.69) is 10.3 Å². The predicted octanol–water partition coefficient (Wildman–Crippen LogP) is 3.65. The summed E-state index contributed by atoms with van der Waals surface area (Å²) in [6, 6.07) is 4.05. The third kappa shape index (κ3) is 3.93. The number of nitrogens with zero attached hydrogens (tertiary/aromatic N) is 2. The van der Waals surface area contributed by atoms with E-state index >= 15 is 0 Å². The first-order valence-electron chi connectivity index (χ1n) is 8.66. The van der Waals surface area contributed by atoms with Crippen LogP contribution in [0, 0.1) is 11.8 Å². The number of anilines is 1. The van der Waals surface area contributed by atoms with E-state index in [1.807, 2.05) is 28.8 Å². The first kappa shape index (κ1) is 16.7. The predicted molar refractivity (Wildman–Crippen MR) is 100 cm³/mol. The third-order valence-corrected chi connectivity index (χ3v) is 6.58. The molecule has 0 atom stereocenters. The van der Waals surface area contributed by atoms with Gasteiger partial charge in [0.2, 0.25) is 5.91 Å². The van der Waals surface area contributed by atoms with Crippen molar-refractivity contribution in [2.24, 2.45) is 11.8 Å². The molecule has 2 aliphatic carbocycles. The van der Waals surface area contributed by atoms with Crippen LogP contribution in [0.2, 0.25) is 0 Å². The first-order chi connectivity index (χ1) is 12.1. The highest BCUT2D eigenvalue weighted by Gasteiger charge is 2.44. The van der Waals surface area contributed by atoms with Crippen molar-refractivity contribution in [2.45, 2.75) is 38.1 Å². The van der Waals surface area contributed by atoms with Crippen molar-refractivity contribution < 1.29 is 9.59 Å². The number of amides is 2. The van der Waals surface area contributed by atoms with E-state index in [4.69, 9.17) is 0 Å². The lowest BCUT2D eigenvalue weighted by Crippen LogP contribution is -2.40. The minimum atomic E-state index is -0.151. The van der Waals surface area contributed by atoms with Gasteiger partial charge in [0.15, 0.2) is 5.13 Å². The van der Waals surface area contributed by atoms with E-state index in [1.165, 1.54) is 48.4 Å². The number of thiazole rings is 1. The molecule has 4 rings (SSSR count). The van der Waals surface area contributed by atoms with Gasteiger partial charge >= 0.3 is 0 Å². The second-order valence-corrected chi connectivity index (χ2v) is 8.73. The number of rotatable bonds is 7. The van der Waals surface area contributed by atoms with Crippen LogP contribution in [0.25, 0.3) is 0 Å². The minimum absolute atomic E-state index is 0.130. The molecule has 0 unspecified atom stereocenters. The van der Waals surface area contributed by atoms with Crippen LogP contribution in [0.1, 0.15) is 41.0 Å². The van der Waals surface area contributed by atoms with Crippen LogP contribution < -0.4 is 5.32 Å². The molecule has 0 saturated heterocycles. The Morgan fingerprint density at radius 3 is 2.60 bits per heavy atom. The summed E-state index contributed by atoms with van der Waals surface area (Å²) in [6.07, 6.45) is 5.34. The molecular formula is C18H21N3O2S2. The molecule has 5 nitrogen and oxygen atoms in total. The second kappa shape index (κ2) is 6.88. The normalized spacial score (nSPS) is 16.9. The molecule has 2 amide bonds. The van der Waals surface area contributed by atoms with Gasteiger partial charge in [-0.1, -0.05) is 6.07 Å². The number of hydrogen-bond acceptors (Lipinski definition) is 5. The fourth-order valence-corrected chi connectivity index (χ4v) is 4.68. The highest BCUT2D eigenvalue weighted by atomic mass is 32.1. The third-order valence-electron chi connectivity index (χ3n) is 4.90. The maximum absolute atomic E-state index is 12.6. The number of carbonyl (C=O) groups is 2. The largest absolute Gasteiger partial charge is 0.342 e. The summed E-state index contributed by atoms with van der Waals surface area (Å²) in [4.78, 5) is 31.7. The number of thiophene rings is 1. The van der Waals surface area contributed by atoms with Crippen LogP contribution in [-0.2, 0) is 11.2 Å². The van der Waals surface area contributed by atoms with Crippen molar-refractivity contribution in [1.29, 1.82) is 0 Å². The Morgan fingerprint density at radius 1 is 1.28 bits per heavy atom. The molecule has 7 heteroatoms. The molecule has 0 aromatic carbocycles. The summed E-state index contributed by atoms with van der Waals surface area (Å²) < 4.78 is 0. The fraction of sp³-hybridized carbons (Fsp3) is 0.500. The van der Waals surface area contributed by atoms with Crippen LogP contribution in [0.3, 0.4) is 0 Å². The molecule has 1 N–H and O–H groups in total. The summed E-state index contributed by atoms with van der Waals surface area (Å²) in [7, 11) is 1.94. The summed E-state index contributed by atoms with van der Waals surface area (Å²) in [5.74, 6) is 1.39. The number of likely N-dealkylation sites (N-methyl/N-ethyl adjacent to an activating group) is 1. The smallest absolute Gasteiger partial charge is 0.267 e. The molecule has 2 aromatic rings. The molecule has 2 aromatic heterocycles. The summed E-state index contributed by atoms with van der Waals surface area (Å²) >= 11 is 2.76. The Bertz CT molecular complexity index is 751. The van der Waals surface area contributed by atoms with Gasteiger partial charge in [0.05, 0.1) is 17.0 Å². The Morgan fingerprint density at radius 2 is 2.00 bits per heavy atom. The monoisotopic (exact) mass is 375 g/mol. The van der Waals surface area contributed by atoms with Gasteiger partial charge in [0.25, 0.3) is 5.91 Å². The molecule has 132 valence electrons.